The average Bonchev–Trinajstić information content (AvgIpc) is 2.42. The zero-order valence-corrected chi connectivity index (χ0v) is 14.6. The van der Waals surface area contributed by atoms with Crippen LogP contribution in [0.1, 0.15) is 51.2 Å². The molecule has 21 heavy (non-hydrogen) atoms. The fourth-order valence-corrected chi connectivity index (χ4v) is 4.02. The Morgan fingerprint density at radius 2 is 1.81 bits per heavy atom. The molecule has 0 radical (unpaired) electrons. The molecule has 1 heteroatoms. The van der Waals surface area contributed by atoms with Crippen LogP contribution < -0.4 is 5.32 Å². The van der Waals surface area contributed by atoms with Crippen molar-refractivity contribution in [1.82, 2.24) is 5.32 Å². The fraction of sp³-hybridized carbons (Fsp3) is 0.700. The van der Waals surface area contributed by atoms with Gasteiger partial charge in [-0.3, -0.25) is 0 Å². The minimum absolute atomic E-state index is 0.453. The Morgan fingerprint density at radius 1 is 1.10 bits per heavy atom. The highest BCUT2D eigenvalue weighted by atomic mass is 14.8. The molecule has 118 valence electrons. The van der Waals surface area contributed by atoms with E-state index in [1.807, 2.05) is 0 Å². The quantitative estimate of drug-likeness (QED) is 0.836. The summed E-state index contributed by atoms with van der Waals surface area (Å²) < 4.78 is 0. The van der Waals surface area contributed by atoms with Gasteiger partial charge in [0.25, 0.3) is 0 Å². The topological polar surface area (TPSA) is 12.0 Å². The van der Waals surface area contributed by atoms with E-state index in [0.29, 0.717) is 5.41 Å². The molecule has 0 spiro atoms. The maximum atomic E-state index is 3.42. The summed E-state index contributed by atoms with van der Waals surface area (Å²) in [5.41, 5.74) is 3.46. The van der Waals surface area contributed by atoms with Gasteiger partial charge in [-0.25, -0.2) is 0 Å². The number of rotatable bonds is 4. The lowest BCUT2D eigenvalue weighted by atomic mass is 9.64. The van der Waals surface area contributed by atoms with Crippen LogP contribution in [0.5, 0.6) is 0 Å². The molecule has 1 N–H and O–H groups in total. The van der Waals surface area contributed by atoms with E-state index in [9.17, 15) is 0 Å². The van der Waals surface area contributed by atoms with E-state index in [0.717, 1.165) is 17.8 Å². The SMILES string of the molecule is CNCC1CCC(C(C)(C)C)CC1Cc1ccccc1C. The standard InChI is InChI=1S/C20H33N/c1-15-8-6-7-9-16(15)12-18-13-19(20(2,3)4)11-10-17(18)14-21-5/h6-9,17-19,21H,10-14H2,1-5H3. The summed E-state index contributed by atoms with van der Waals surface area (Å²) in [7, 11) is 2.10. The highest BCUT2D eigenvalue weighted by molar-refractivity contribution is 5.26. The van der Waals surface area contributed by atoms with Gasteiger partial charge in [-0.2, -0.15) is 0 Å². The molecule has 0 aliphatic heterocycles. The van der Waals surface area contributed by atoms with Crippen LogP contribution in [0.3, 0.4) is 0 Å². The molecule has 1 saturated carbocycles. The van der Waals surface area contributed by atoms with Crippen molar-refractivity contribution in [3.05, 3.63) is 35.4 Å². The van der Waals surface area contributed by atoms with Gasteiger partial charge in [-0.1, -0.05) is 45.0 Å². The van der Waals surface area contributed by atoms with Crippen molar-refractivity contribution in [2.75, 3.05) is 13.6 Å². The van der Waals surface area contributed by atoms with E-state index >= 15 is 0 Å². The number of nitrogens with one attached hydrogen (secondary N) is 1. The molecule has 0 heterocycles. The molecular formula is C20H33N. The maximum absolute atomic E-state index is 3.42. The van der Waals surface area contributed by atoms with Gasteiger partial charge >= 0.3 is 0 Å². The van der Waals surface area contributed by atoms with Crippen LogP contribution >= 0.6 is 0 Å². The molecule has 2 rings (SSSR count). The number of benzene rings is 1. The van der Waals surface area contributed by atoms with Crippen molar-refractivity contribution < 1.29 is 0 Å². The van der Waals surface area contributed by atoms with Crippen LogP contribution in [-0.2, 0) is 6.42 Å². The smallest absolute Gasteiger partial charge is 0.00208 e. The average molecular weight is 287 g/mol. The van der Waals surface area contributed by atoms with Crippen molar-refractivity contribution >= 4 is 0 Å². The molecule has 0 bridgehead atoms. The zero-order valence-electron chi connectivity index (χ0n) is 14.6. The number of hydrogen-bond donors (Lipinski definition) is 1. The molecular weight excluding hydrogens is 254 g/mol. The lowest BCUT2D eigenvalue weighted by molar-refractivity contribution is 0.0979. The summed E-state index contributed by atoms with van der Waals surface area (Å²) in [6.07, 6.45) is 5.44. The molecule has 1 nitrogen and oxygen atoms in total. The van der Waals surface area contributed by atoms with Crippen molar-refractivity contribution in [3.8, 4) is 0 Å². The van der Waals surface area contributed by atoms with Gasteiger partial charge in [0.1, 0.15) is 0 Å². The van der Waals surface area contributed by atoms with Gasteiger partial charge in [0, 0.05) is 0 Å². The van der Waals surface area contributed by atoms with Crippen molar-refractivity contribution in [1.29, 1.82) is 0 Å². The second-order valence-electron chi connectivity index (χ2n) is 8.08. The maximum Gasteiger partial charge on any atom is -0.00208 e. The summed E-state index contributed by atoms with van der Waals surface area (Å²) >= 11 is 0. The minimum atomic E-state index is 0.453. The number of aryl methyl sites for hydroxylation is 1. The first-order valence-corrected chi connectivity index (χ1v) is 8.61. The van der Waals surface area contributed by atoms with E-state index < -0.39 is 0 Å². The zero-order chi connectivity index (χ0) is 15.5. The molecule has 1 aliphatic rings. The second-order valence-corrected chi connectivity index (χ2v) is 8.08. The van der Waals surface area contributed by atoms with Crippen molar-refractivity contribution in [2.24, 2.45) is 23.2 Å². The van der Waals surface area contributed by atoms with Gasteiger partial charge in [0.2, 0.25) is 0 Å². The lowest BCUT2D eigenvalue weighted by Gasteiger charge is -2.42. The van der Waals surface area contributed by atoms with Gasteiger partial charge in [0.05, 0.1) is 0 Å². The Labute approximate surface area is 131 Å². The summed E-state index contributed by atoms with van der Waals surface area (Å²) in [6.45, 7) is 10.7. The summed E-state index contributed by atoms with van der Waals surface area (Å²) in [5.74, 6) is 2.55. The first-order chi connectivity index (χ1) is 9.91. The highest BCUT2D eigenvalue weighted by Crippen LogP contribution is 2.43. The van der Waals surface area contributed by atoms with Crippen LogP contribution in [0.4, 0.5) is 0 Å². The minimum Gasteiger partial charge on any atom is -0.319 e. The first-order valence-electron chi connectivity index (χ1n) is 8.61. The Balaban J connectivity index is 2.12. The van der Waals surface area contributed by atoms with Crippen LogP contribution in [0.2, 0.25) is 0 Å². The van der Waals surface area contributed by atoms with Crippen LogP contribution in [0.15, 0.2) is 24.3 Å². The van der Waals surface area contributed by atoms with E-state index in [4.69, 9.17) is 0 Å². The van der Waals surface area contributed by atoms with Crippen molar-refractivity contribution in [2.45, 2.75) is 53.4 Å². The normalized spacial score (nSPS) is 26.8. The predicted molar refractivity (Wildman–Crippen MR) is 92.6 cm³/mol. The molecule has 3 unspecified atom stereocenters. The summed E-state index contributed by atoms with van der Waals surface area (Å²) in [5, 5.41) is 3.42. The van der Waals surface area contributed by atoms with Crippen LogP contribution in [0, 0.1) is 30.1 Å². The predicted octanol–water partition coefficient (Wildman–Crippen LogP) is 4.84. The van der Waals surface area contributed by atoms with Crippen LogP contribution in [0.25, 0.3) is 0 Å². The molecule has 0 saturated heterocycles. The third-order valence-corrected chi connectivity index (χ3v) is 5.57. The molecule has 0 aromatic heterocycles. The lowest BCUT2D eigenvalue weighted by Crippen LogP contribution is -2.36. The van der Waals surface area contributed by atoms with E-state index in [-0.39, 0.29) is 0 Å². The summed E-state index contributed by atoms with van der Waals surface area (Å²) in [4.78, 5) is 0. The summed E-state index contributed by atoms with van der Waals surface area (Å²) in [6, 6.07) is 8.93. The molecule has 3 atom stereocenters. The van der Waals surface area contributed by atoms with Gasteiger partial charge < -0.3 is 5.32 Å². The van der Waals surface area contributed by atoms with Crippen molar-refractivity contribution in [3.63, 3.8) is 0 Å². The van der Waals surface area contributed by atoms with Gasteiger partial charge in [0.15, 0.2) is 0 Å². The highest BCUT2D eigenvalue weighted by Gasteiger charge is 2.35. The van der Waals surface area contributed by atoms with Gasteiger partial charge in [-0.05, 0) is 80.5 Å². The largest absolute Gasteiger partial charge is 0.319 e. The van der Waals surface area contributed by atoms with E-state index in [2.05, 4.69) is 64.3 Å². The van der Waals surface area contributed by atoms with E-state index in [1.165, 1.54) is 37.8 Å². The monoisotopic (exact) mass is 287 g/mol. The van der Waals surface area contributed by atoms with Gasteiger partial charge in [-0.15, -0.1) is 0 Å². The van der Waals surface area contributed by atoms with E-state index in [1.54, 1.807) is 5.56 Å². The third-order valence-electron chi connectivity index (χ3n) is 5.57. The fourth-order valence-electron chi connectivity index (χ4n) is 4.02. The number of hydrogen-bond acceptors (Lipinski definition) is 1. The van der Waals surface area contributed by atoms with Crippen LogP contribution in [-0.4, -0.2) is 13.6 Å². The first kappa shape index (κ1) is 16.5. The molecule has 1 aromatic rings. The Morgan fingerprint density at radius 3 is 2.43 bits per heavy atom. The molecule has 1 aliphatic carbocycles. The second kappa shape index (κ2) is 6.96. The molecule has 1 aromatic carbocycles. The Hall–Kier alpha value is -0.820. The third kappa shape index (κ3) is 4.32. The Kier molecular flexibility index (Phi) is 5.48. The molecule has 1 fully saturated rings. The molecule has 0 amide bonds. The Bertz CT molecular complexity index is 443.